The van der Waals surface area contributed by atoms with Gasteiger partial charge in [-0.3, -0.25) is 0 Å². The standard InChI is InChI=1S/C13H15.C11H9.2ClH.Zr/c1-10(2)9-12-8-7-11-5-3-4-6-13(11)12;1-2-4-10-8(3-1)7-9-5-6-11(9)10;;;/h3-10,12H,1-2H3;1-4,7H,5-6H2;2*1H;/q;;;;+2/p-2. The van der Waals surface area contributed by atoms with E-state index in [0.717, 1.165) is 13.2 Å². The molecule has 2 aromatic rings. The van der Waals surface area contributed by atoms with Crippen LogP contribution in [0.2, 0.25) is 3.63 Å². The second-order valence-electron chi connectivity index (χ2n) is 7.97. The molecule has 3 heteroatoms. The van der Waals surface area contributed by atoms with Crippen molar-refractivity contribution in [2.24, 2.45) is 5.92 Å². The zero-order valence-corrected chi connectivity index (χ0v) is 19.7. The fraction of sp³-hybridized carbons (Fsp3) is 0.333. The molecule has 0 N–H and O–H groups in total. The summed E-state index contributed by atoms with van der Waals surface area (Å²) in [5, 5.41) is 0. The Morgan fingerprint density at radius 2 is 1.59 bits per heavy atom. The van der Waals surface area contributed by atoms with Crippen molar-refractivity contribution >= 4 is 11.6 Å². The van der Waals surface area contributed by atoms with E-state index in [2.05, 4.69) is 74.5 Å². The van der Waals surface area contributed by atoms with Crippen LogP contribution < -0.4 is 24.8 Å². The van der Waals surface area contributed by atoms with Gasteiger partial charge in [0.15, 0.2) is 0 Å². The maximum absolute atomic E-state index is 2.51. The van der Waals surface area contributed by atoms with Crippen LogP contribution in [0.5, 0.6) is 0 Å². The normalized spacial score (nSPS) is 22.0. The maximum Gasteiger partial charge on any atom is -1.00 e. The molecule has 3 aliphatic rings. The van der Waals surface area contributed by atoms with Gasteiger partial charge in [-0.25, -0.2) is 0 Å². The summed E-state index contributed by atoms with van der Waals surface area (Å²) in [6.07, 6.45) is 7.55. The third kappa shape index (κ3) is 3.45. The van der Waals surface area contributed by atoms with Gasteiger partial charge in [0.05, 0.1) is 0 Å². The first-order valence-corrected chi connectivity index (χ1v) is 12.4. The van der Waals surface area contributed by atoms with Crippen molar-refractivity contribution < 1.29 is 48.0 Å². The molecule has 0 fully saturated rings. The molecule has 0 spiro atoms. The van der Waals surface area contributed by atoms with Gasteiger partial charge in [0.25, 0.3) is 0 Å². The number of benzene rings is 2. The van der Waals surface area contributed by atoms with E-state index in [1.165, 1.54) is 18.4 Å². The molecule has 3 unspecified atom stereocenters. The van der Waals surface area contributed by atoms with Crippen LogP contribution in [0.4, 0.5) is 0 Å². The van der Waals surface area contributed by atoms with E-state index < -0.39 is 23.2 Å². The number of hydrogen-bond donors (Lipinski definition) is 0. The minimum atomic E-state index is -0.607. The van der Waals surface area contributed by atoms with Gasteiger partial charge in [-0.1, -0.05) is 0 Å². The molecule has 0 saturated carbocycles. The fourth-order valence-electron chi connectivity index (χ4n) is 4.92. The van der Waals surface area contributed by atoms with Gasteiger partial charge >= 0.3 is 163 Å². The predicted molar refractivity (Wildman–Crippen MR) is 102 cm³/mol. The fourth-order valence-corrected chi connectivity index (χ4v) is 10.4. The van der Waals surface area contributed by atoms with Crippen LogP contribution in [0.3, 0.4) is 0 Å². The third-order valence-corrected chi connectivity index (χ3v) is 12.2. The van der Waals surface area contributed by atoms with Gasteiger partial charge < -0.3 is 24.8 Å². The minimum Gasteiger partial charge on any atom is -1.00 e. The SMILES string of the molecule is CC(C)[CH]([Zr+2][CH]1C2=C(CC2)c2ccccc21)C1C=Cc2ccccc21.[Cl-].[Cl-]. The molecule has 0 heterocycles. The Labute approximate surface area is 186 Å². The van der Waals surface area contributed by atoms with Crippen LogP contribution in [0.1, 0.15) is 58.5 Å². The van der Waals surface area contributed by atoms with Gasteiger partial charge in [0.2, 0.25) is 0 Å². The number of fused-ring (bicyclic) bond motifs is 3. The Bertz CT molecular complexity index is 897. The second kappa shape index (κ2) is 8.40. The van der Waals surface area contributed by atoms with Crippen molar-refractivity contribution in [3.05, 3.63) is 82.4 Å². The monoisotopic (exact) mass is 472 g/mol. The van der Waals surface area contributed by atoms with Crippen LogP contribution in [0.25, 0.3) is 11.6 Å². The van der Waals surface area contributed by atoms with Gasteiger partial charge in [-0.05, 0) is 0 Å². The second-order valence-corrected chi connectivity index (χ2v) is 11.9. The Kier molecular flexibility index (Phi) is 6.57. The Balaban J connectivity index is 0.00000105. The number of hydrogen-bond acceptors (Lipinski definition) is 0. The van der Waals surface area contributed by atoms with E-state index in [9.17, 15) is 0 Å². The maximum atomic E-state index is 2.51. The van der Waals surface area contributed by atoms with Gasteiger partial charge in [-0.15, -0.1) is 0 Å². The number of halogens is 2. The topological polar surface area (TPSA) is 0 Å². The molecule has 5 rings (SSSR count). The van der Waals surface area contributed by atoms with Crippen LogP contribution in [-0.4, -0.2) is 0 Å². The van der Waals surface area contributed by atoms with E-state index in [0.29, 0.717) is 5.92 Å². The first-order valence-electron chi connectivity index (χ1n) is 9.58. The van der Waals surface area contributed by atoms with Crippen molar-refractivity contribution in [3.8, 4) is 0 Å². The Morgan fingerprint density at radius 3 is 2.30 bits per heavy atom. The van der Waals surface area contributed by atoms with Crippen molar-refractivity contribution in [2.45, 2.75) is 39.9 Å². The summed E-state index contributed by atoms with van der Waals surface area (Å²) in [5.41, 5.74) is 9.85. The molecular weight excluding hydrogens is 450 g/mol. The molecule has 3 aliphatic carbocycles. The molecule has 2 aromatic carbocycles. The molecule has 0 radical (unpaired) electrons. The van der Waals surface area contributed by atoms with Crippen LogP contribution in [0, 0.1) is 5.92 Å². The average molecular weight is 475 g/mol. The van der Waals surface area contributed by atoms with E-state index in [4.69, 9.17) is 0 Å². The molecule has 0 saturated heterocycles. The average Bonchev–Trinajstić information content (AvgIpc) is 3.09. The first kappa shape index (κ1) is 21.1. The summed E-state index contributed by atoms with van der Waals surface area (Å²) in [4.78, 5) is 0. The molecular formula is C24H24Cl2Zr. The first-order chi connectivity index (χ1) is 12.2. The van der Waals surface area contributed by atoms with Gasteiger partial charge in [0, 0.05) is 0 Å². The summed E-state index contributed by atoms with van der Waals surface area (Å²) >= 11 is -0.607. The Hall–Kier alpha value is -0.617. The molecule has 138 valence electrons. The van der Waals surface area contributed by atoms with Crippen LogP contribution in [0.15, 0.2) is 60.2 Å². The van der Waals surface area contributed by atoms with Crippen LogP contribution in [-0.2, 0) is 23.2 Å². The van der Waals surface area contributed by atoms with Crippen molar-refractivity contribution in [1.82, 2.24) is 0 Å². The van der Waals surface area contributed by atoms with Gasteiger partial charge in [0.1, 0.15) is 0 Å². The summed E-state index contributed by atoms with van der Waals surface area (Å²) in [6.45, 7) is 4.91. The molecule has 0 amide bonds. The quantitative estimate of drug-likeness (QED) is 0.610. The molecule has 0 aromatic heterocycles. The summed E-state index contributed by atoms with van der Waals surface area (Å²) in [7, 11) is 0. The summed E-state index contributed by atoms with van der Waals surface area (Å²) < 4.78 is 1.70. The Morgan fingerprint density at radius 1 is 0.889 bits per heavy atom. The van der Waals surface area contributed by atoms with Gasteiger partial charge in [-0.2, -0.15) is 0 Å². The number of rotatable bonds is 4. The van der Waals surface area contributed by atoms with E-state index >= 15 is 0 Å². The third-order valence-electron chi connectivity index (χ3n) is 6.28. The summed E-state index contributed by atoms with van der Waals surface area (Å²) in [5.74, 6) is 1.42. The van der Waals surface area contributed by atoms with E-state index in [1.54, 1.807) is 22.3 Å². The van der Waals surface area contributed by atoms with Crippen molar-refractivity contribution in [1.29, 1.82) is 0 Å². The molecule has 0 bridgehead atoms. The molecule has 3 atom stereocenters. The van der Waals surface area contributed by atoms with E-state index in [1.807, 2.05) is 5.57 Å². The summed E-state index contributed by atoms with van der Waals surface area (Å²) in [6, 6.07) is 18.3. The largest absolute Gasteiger partial charge is 1.00 e. The van der Waals surface area contributed by atoms with Crippen molar-refractivity contribution in [2.75, 3.05) is 0 Å². The zero-order chi connectivity index (χ0) is 17.0. The van der Waals surface area contributed by atoms with E-state index in [-0.39, 0.29) is 24.8 Å². The smallest absolute Gasteiger partial charge is 1.00 e. The van der Waals surface area contributed by atoms with Crippen molar-refractivity contribution in [3.63, 3.8) is 0 Å². The molecule has 0 nitrogen and oxygen atoms in total. The zero-order valence-electron chi connectivity index (χ0n) is 15.8. The molecule has 27 heavy (non-hydrogen) atoms. The predicted octanol–water partition coefficient (Wildman–Crippen LogP) is 0.634. The number of allylic oxidation sites excluding steroid dienone is 3. The minimum absolute atomic E-state index is 0. The van der Waals surface area contributed by atoms with Crippen LogP contribution >= 0.6 is 0 Å². The molecule has 0 aliphatic heterocycles.